The third kappa shape index (κ3) is 2.61. The van der Waals surface area contributed by atoms with E-state index in [1.165, 1.54) is 29.9 Å². The second kappa shape index (κ2) is 5.55. The SMILES string of the molecule is O=C(NC[C@@](O)(c1ccco1)c1cccs1)c1ccno1. The summed E-state index contributed by atoms with van der Waals surface area (Å²) in [5, 5.41) is 18.9. The number of amides is 1. The Balaban J connectivity index is 1.83. The van der Waals surface area contributed by atoms with Gasteiger partial charge in [-0.25, -0.2) is 0 Å². The van der Waals surface area contributed by atoms with E-state index in [1.54, 1.807) is 18.2 Å². The van der Waals surface area contributed by atoms with Gasteiger partial charge in [0.05, 0.1) is 19.0 Å². The minimum absolute atomic E-state index is 0.0411. The summed E-state index contributed by atoms with van der Waals surface area (Å²) >= 11 is 1.38. The van der Waals surface area contributed by atoms with Crippen LogP contribution in [0.25, 0.3) is 0 Å². The summed E-state index contributed by atoms with van der Waals surface area (Å²) in [6.07, 6.45) is 2.86. The molecule has 0 radical (unpaired) electrons. The van der Waals surface area contributed by atoms with Gasteiger partial charge in [-0.3, -0.25) is 4.79 Å². The lowest BCUT2D eigenvalue weighted by Crippen LogP contribution is -2.40. The first-order valence-electron chi connectivity index (χ1n) is 6.19. The molecule has 3 heterocycles. The van der Waals surface area contributed by atoms with Gasteiger partial charge in [0.1, 0.15) is 5.76 Å². The smallest absolute Gasteiger partial charge is 0.290 e. The lowest BCUT2D eigenvalue weighted by molar-refractivity contribution is 0.0544. The van der Waals surface area contributed by atoms with Crippen molar-refractivity contribution in [3.05, 3.63) is 64.6 Å². The number of hydrogen-bond acceptors (Lipinski definition) is 6. The van der Waals surface area contributed by atoms with Crippen molar-refractivity contribution in [2.45, 2.75) is 5.60 Å². The van der Waals surface area contributed by atoms with Crippen LogP contribution in [0.5, 0.6) is 0 Å². The second-order valence-corrected chi connectivity index (χ2v) is 5.32. The number of rotatable bonds is 5. The van der Waals surface area contributed by atoms with E-state index >= 15 is 0 Å². The topological polar surface area (TPSA) is 88.5 Å². The molecule has 0 saturated heterocycles. The van der Waals surface area contributed by atoms with E-state index in [4.69, 9.17) is 8.94 Å². The lowest BCUT2D eigenvalue weighted by atomic mass is 9.98. The fraction of sp³-hybridized carbons (Fsp3) is 0.143. The van der Waals surface area contributed by atoms with Crippen LogP contribution in [0, 0.1) is 0 Å². The molecule has 0 aliphatic rings. The Kier molecular flexibility index (Phi) is 3.59. The van der Waals surface area contributed by atoms with Crippen molar-refractivity contribution in [1.29, 1.82) is 0 Å². The van der Waals surface area contributed by atoms with Gasteiger partial charge < -0.3 is 19.4 Å². The van der Waals surface area contributed by atoms with E-state index in [2.05, 4.69) is 10.5 Å². The lowest BCUT2D eigenvalue weighted by Gasteiger charge is -2.24. The van der Waals surface area contributed by atoms with Gasteiger partial charge in [0.2, 0.25) is 5.76 Å². The average molecular weight is 304 g/mol. The summed E-state index contributed by atoms with van der Waals surface area (Å²) in [5.74, 6) is -0.000156. The molecule has 0 saturated carbocycles. The number of nitrogens with one attached hydrogen (secondary N) is 1. The summed E-state index contributed by atoms with van der Waals surface area (Å²) in [6.45, 7) is -0.0411. The molecule has 0 aromatic carbocycles. The largest absolute Gasteiger partial charge is 0.466 e. The van der Waals surface area contributed by atoms with Crippen LogP contribution in [0.2, 0.25) is 0 Å². The van der Waals surface area contributed by atoms with Crippen LogP contribution in [0.4, 0.5) is 0 Å². The minimum atomic E-state index is -1.42. The number of carbonyl (C=O) groups excluding carboxylic acids is 1. The zero-order valence-corrected chi connectivity index (χ0v) is 11.7. The number of thiophene rings is 1. The molecular formula is C14H12N2O4S. The molecule has 1 atom stereocenters. The van der Waals surface area contributed by atoms with Gasteiger partial charge >= 0.3 is 0 Å². The first-order chi connectivity index (χ1) is 10.2. The molecular weight excluding hydrogens is 292 g/mol. The predicted molar refractivity (Wildman–Crippen MR) is 74.9 cm³/mol. The van der Waals surface area contributed by atoms with Crippen molar-refractivity contribution in [1.82, 2.24) is 10.5 Å². The highest BCUT2D eigenvalue weighted by Crippen LogP contribution is 2.32. The molecule has 0 spiro atoms. The highest BCUT2D eigenvalue weighted by molar-refractivity contribution is 7.10. The molecule has 0 aliphatic carbocycles. The Labute approximate surface area is 124 Å². The molecule has 0 unspecified atom stereocenters. The summed E-state index contributed by atoms with van der Waals surface area (Å²) in [4.78, 5) is 12.6. The van der Waals surface area contributed by atoms with E-state index < -0.39 is 11.5 Å². The van der Waals surface area contributed by atoms with Gasteiger partial charge in [-0.05, 0) is 23.6 Å². The number of furan rings is 1. The van der Waals surface area contributed by atoms with E-state index in [-0.39, 0.29) is 12.3 Å². The van der Waals surface area contributed by atoms with Crippen molar-refractivity contribution in [3.8, 4) is 0 Å². The third-order valence-corrected chi connectivity index (χ3v) is 4.04. The van der Waals surface area contributed by atoms with E-state index in [0.717, 1.165) is 0 Å². The third-order valence-electron chi connectivity index (χ3n) is 3.02. The maximum Gasteiger partial charge on any atom is 0.290 e. The Morgan fingerprint density at radius 1 is 1.38 bits per heavy atom. The van der Waals surface area contributed by atoms with Crippen molar-refractivity contribution >= 4 is 17.2 Å². The zero-order valence-electron chi connectivity index (χ0n) is 10.9. The number of nitrogens with zero attached hydrogens (tertiary/aromatic N) is 1. The van der Waals surface area contributed by atoms with E-state index in [9.17, 15) is 9.90 Å². The molecule has 2 N–H and O–H groups in total. The molecule has 21 heavy (non-hydrogen) atoms. The molecule has 0 aliphatic heterocycles. The first kappa shape index (κ1) is 13.6. The van der Waals surface area contributed by atoms with Gasteiger partial charge in [-0.2, -0.15) is 0 Å². The van der Waals surface area contributed by atoms with E-state index in [1.807, 2.05) is 11.4 Å². The Bertz CT molecular complexity index is 655. The summed E-state index contributed by atoms with van der Waals surface area (Å²) in [7, 11) is 0. The fourth-order valence-corrected chi connectivity index (χ4v) is 2.78. The normalized spacial score (nSPS) is 13.8. The maximum absolute atomic E-state index is 11.9. The van der Waals surface area contributed by atoms with Crippen LogP contribution in [-0.4, -0.2) is 22.7 Å². The number of carbonyl (C=O) groups is 1. The molecule has 3 aromatic rings. The quantitative estimate of drug-likeness (QED) is 0.752. The summed E-state index contributed by atoms with van der Waals surface area (Å²) in [5.41, 5.74) is -1.42. The van der Waals surface area contributed by atoms with Crippen LogP contribution >= 0.6 is 11.3 Å². The van der Waals surface area contributed by atoms with Crippen molar-refractivity contribution < 1.29 is 18.8 Å². The molecule has 0 fully saturated rings. The van der Waals surface area contributed by atoms with Crippen molar-refractivity contribution in [2.24, 2.45) is 0 Å². The highest BCUT2D eigenvalue weighted by Gasteiger charge is 2.36. The summed E-state index contributed by atoms with van der Waals surface area (Å²) in [6, 6.07) is 8.42. The molecule has 7 heteroatoms. The average Bonchev–Trinajstić information content (AvgIpc) is 3.27. The monoisotopic (exact) mass is 304 g/mol. The molecule has 6 nitrogen and oxygen atoms in total. The molecule has 108 valence electrons. The Hall–Kier alpha value is -2.38. The Morgan fingerprint density at radius 3 is 2.90 bits per heavy atom. The van der Waals surface area contributed by atoms with Gasteiger partial charge in [-0.15, -0.1) is 11.3 Å². The van der Waals surface area contributed by atoms with Gasteiger partial charge in [0.15, 0.2) is 5.60 Å². The Morgan fingerprint density at radius 2 is 2.29 bits per heavy atom. The molecule has 1 amide bonds. The maximum atomic E-state index is 11.9. The highest BCUT2D eigenvalue weighted by atomic mass is 32.1. The number of aromatic nitrogens is 1. The van der Waals surface area contributed by atoms with Crippen LogP contribution in [0.3, 0.4) is 0 Å². The van der Waals surface area contributed by atoms with Gasteiger partial charge in [0.25, 0.3) is 5.91 Å². The number of hydrogen-bond donors (Lipinski definition) is 2. The van der Waals surface area contributed by atoms with Crippen LogP contribution < -0.4 is 5.32 Å². The fourth-order valence-electron chi connectivity index (χ4n) is 1.95. The van der Waals surface area contributed by atoms with Crippen LogP contribution in [0.15, 0.2) is 57.1 Å². The van der Waals surface area contributed by atoms with Crippen molar-refractivity contribution in [3.63, 3.8) is 0 Å². The van der Waals surface area contributed by atoms with Crippen LogP contribution in [-0.2, 0) is 5.60 Å². The summed E-state index contributed by atoms with van der Waals surface area (Å²) < 4.78 is 10.1. The molecule has 3 rings (SSSR count). The van der Waals surface area contributed by atoms with E-state index in [0.29, 0.717) is 10.6 Å². The van der Waals surface area contributed by atoms with Gasteiger partial charge in [0, 0.05) is 10.9 Å². The number of aliphatic hydroxyl groups is 1. The van der Waals surface area contributed by atoms with Crippen LogP contribution in [0.1, 0.15) is 21.2 Å². The standard InChI is InChI=1S/C14H12N2O4S/c17-13(10-5-6-16-20-10)15-9-14(18,11-3-1-7-19-11)12-4-2-8-21-12/h1-8,18H,9H2,(H,15,17)/t14-/m1/s1. The molecule has 3 aromatic heterocycles. The first-order valence-corrected chi connectivity index (χ1v) is 7.07. The van der Waals surface area contributed by atoms with Gasteiger partial charge in [-0.1, -0.05) is 11.2 Å². The molecule has 0 bridgehead atoms. The predicted octanol–water partition coefficient (Wildman–Crippen LogP) is 1.99. The second-order valence-electron chi connectivity index (χ2n) is 4.37. The van der Waals surface area contributed by atoms with Crippen molar-refractivity contribution in [2.75, 3.05) is 6.54 Å². The zero-order chi connectivity index (χ0) is 14.7. The minimum Gasteiger partial charge on any atom is -0.466 e.